The van der Waals surface area contributed by atoms with E-state index in [4.69, 9.17) is 11.6 Å². The molecule has 0 saturated heterocycles. The molecule has 10 heteroatoms. The van der Waals surface area contributed by atoms with Gasteiger partial charge in [-0.15, -0.1) is 0 Å². The quantitative estimate of drug-likeness (QED) is 0.155. The number of carbonyl (C=O) groups is 2. The number of rotatable bonds is 13. The third-order valence-corrected chi connectivity index (χ3v) is 10.5. The fraction of sp³-hybridized carbons (Fsp3) is 0.278. The number of sulfonamides is 1. The van der Waals surface area contributed by atoms with Crippen molar-refractivity contribution < 1.29 is 18.0 Å². The standard InChI is InChI=1S/C36H39BrClN3O4S/c1-5-27(4)39-36(43)34(22-28-10-7-6-8-11-28)40(23-29-12-9-13-30(37)21-29)35(42)24-41(32-17-14-25(2)26(3)20-32)46(44,45)33-18-15-31(38)16-19-33/h6-21,27,34H,5,22-24H2,1-4H3,(H,39,43)/t27-,34-/m1/s1. The Bertz CT molecular complexity index is 1770. The molecule has 0 heterocycles. The van der Waals surface area contributed by atoms with Crippen LogP contribution in [-0.2, 0) is 32.6 Å². The summed E-state index contributed by atoms with van der Waals surface area (Å²) in [5, 5.41) is 3.45. The molecule has 2 atom stereocenters. The second-order valence-electron chi connectivity index (χ2n) is 11.4. The van der Waals surface area contributed by atoms with Crippen LogP contribution < -0.4 is 9.62 Å². The van der Waals surface area contributed by atoms with Crippen LogP contribution in [-0.4, -0.2) is 43.8 Å². The lowest BCUT2D eigenvalue weighted by Crippen LogP contribution is -2.54. The molecule has 0 aliphatic rings. The number of halogens is 2. The minimum Gasteiger partial charge on any atom is -0.352 e. The van der Waals surface area contributed by atoms with Crippen molar-refractivity contribution in [2.75, 3.05) is 10.8 Å². The van der Waals surface area contributed by atoms with Crippen molar-refractivity contribution >= 4 is 55.1 Å². The minimum absolute atomic E-state index is 0.00295. The molecule has 4 aromatic carbocycles. The highest BCUT2D eigenvalue weighted by molar-refractivity contribution is 9.10. The van der Waals surface area contributed by atoms with Gasteiger partial charge in [-0.2, -0.15) is 0 Å². The molecule has 0 unspecified atom stereocenters. The van der Waals surface area contributed by atoms with Gasteiger partial charge in [0.2, 0.25) is 11.8 Å². The van der Waals surface area contributed by atoms with E-state index in [9.17, 15) is 18.0 Å². The van der Waals surface area contributed by atoms with Gasteiger partial charge in [0.05, 0.1) is 10.6 Å². The summed E-state index contributed by atoms with van der Waals surface area (Å²) in [6.07, 6.45) is 0.958. The van der Waals surface area contributed by atoms with E-state index in [-0.39, 0.29) is 29.8 Å². The molecular formula is C36H39BrClN3O4S. The average Bonchev–Trinajstić information content (AvgIpc) is 3.03. The predicted octanol–water partition coefficient (Wildman–Crippen LogP) is 7.47. The van der Waals surface area contributed by atoms with Crippen molar-refractivity contribution in [3.05, 3.63) is 129 Å². The number of nitrogens with zero attached hydrogens (tertiary/aromatic N) is 2. The van der Waals surface area contributed by atoms with E-state index in [0.29, 0.717) is 17.1 Å². The maximum absolute atomic E-state index is 14.6. The van der Waals surface area contributed by atoms with Crippen LogP contribution >= 0.6 is 27.5 Å². The molecule has 46 heavy (non-hydrogen) atoms. The van der Waals surface area contributed by atoms with Gasteiger partial charge >= 0.3 is 0 Å². The lowest BCUT2D eigenvalue weighted by Gasteiger charge is -2.34. The number of hydrogen-bond acceptors (Lipinski definition) is 4. The van der Waals surface area contributed by atoms with E-state index in [0.717, 1.165) is 31.0 Å². The Hall–Kier alpha value is -3.66. The molecule has 2 amide bonds. The lowest BCUT2D eigenvalue weighted by molar-refractivity contribution is -0.140. The fourth-order valence-electron chi connectivity index (χ4n) is 4.97. The van der Waals surface area contributed by atoms with Gasteiger partial charge in [0.25, 0.3) is 10.0 Å². The second kappa shape index (κ2) is 15.8. The van der Waals surface area contributed by atoms with E-state index < -0.39 is 28.5 Å². The van der Waals surface area contributed by atoms with Gasteiger partial charge < -0.3 is 10.2 Å². The summed E-state index contributed by atoms with van der Waals surface area (Å²) in [6.45, 7) is 7.28. The average molecular weight is 725 g/mol. The van der Waals surface area contributed by atoms with E-state index in [1.807, 2.05) is 88.4 Å². The van der Waals surface area contributed by atoms with Crippen LogP contribution in [0.1, 0.15) is 42.5 Å². The number of carbonyl (C=O) groups excluding carboxylic acids is 2. The molecule has 0 aliphatic carbocycles. The maximum atomic E-state index is 14.6. The number of amides is 2. The minimum atomic E-state index is -4.22. The molecule has 242 valence electrons. The summed E-state index contributed by atoms with van der Waals surface area (Å²) in [5.74, 6) is -0.823. The van der Waals surface area contributed by atoms with Crippen molar-refractivity contribution in [1.82, 2.24) is 10.2 Å². The molecule has 0 radical (unpaired) electrons. The molecule has 0 fully saturated rings. The first-order valence-corrected chi connectivity index (χ1v) is 17.7. The highest BCUT2D eigenvalue weighted by Crippen LogP contribution is 2.28. The molecule has 0 aliphatic heterocycles. The van der Waals surface area contributed by atoms with E-state index >= 15 is 0 Å². The first kappa shape index (κ1) is 35.2. The second-order valence-corrected chi connectivity index (χ2v) is 14.6. The van der Waals surface area contributed by atoms with Crippen molar-refractivity contribution in [1.29, 1.82) is 0 Å². The highest BCUT2D eigenvalue weighted by Gasteiger charge is 2.35. The Kier molecular flexibility index (Phi) is 12.1. The largest absolute Gasteiger partial charge is 0.352 e. The third kappa shape index (κ3) is 8.99. The predicted molar refractivity (Wildman–Crippen MR) is 188 cm³/mol. The molecule has 7 nitrogen and oxygen atoms in total. The Morgan fingerprint density at radius 1 is 0.870 bits per heavy atom. The van der Waals surface area contributed by atoms with Gasteiger partial charge in [0, 0.05) is 28.5 Å². The smallest absolute Gasteiger partial charge is 0.264 e. The van der Waals surface area contributed by atoms with E-state index in [2.05, 4.69) is 21.2 Å². The summed E-state index contributed by atoms with van der Waals surface area (Å²) >= 11 is 9.59. The summed E-state index contributed by atoms with van der Waals surface area (Å²) in [7, 11) is -4.22. The van der Waals surface area contributed by atoms with Crippen molar-refractivity contribution in [3.8, 4) is 0 Å². The lowest BCUT2D eigenvalue weighted by atomic mass is 10.0. The molecule has 0 spiro atoms. The summed E-state index contributed by atoms with van der Waals surface area (Å²) < 4.78 is 30.4. The van der Waals surface area contributed by atoms with Gasteiger partial charge in [0.1, 0.15) is 12.6 Å². The zero-order valence-electron chi connectivity index (χ0n) is 26.4. The Balaban J connectivity index is 1.83. The van der Waals surface area contributed by atoms with Crippen LogP contribution in [0.25, 0.3) is 0 Å². The maximum Gasteiger partial charge on any atom is 0.264 e. The van der Waals surface area contributed by atoms with Gasteiger partial charge in [-0.25, -0.2) is 8.42 Å². The number of hydrogen-bond donors (Lipinski definition) is 1. The Labute approximate surface area is 285 Å². The van der Waals surface area contributed by atoms with Gasteiger partial charge in [0.15, 0.2) is 0 Å². The number of nitrogens with one attached hydrogen (secondary N) is 1. The van der Waals surface area contributed by atoms with Crippen LogP contribution in [0.3, 0.4) is 0 Å². The normalized spacial score (nSPS) is 12.7. The Morgan fingerprint density at radius 3 is 2.17 bits per heavy atom. The van der Waals surface area contributed by atoms with Gasteiger partial charge in [-0.05, 0) is 98.0 Å². The van der Waals surface area contributed by atoms with Gasteiger partial charge in [-0.3, -0.25) is 13.9 Å². The fourth-order valence-corrected chi connectivity index (χ4v) is 6.95. The van der Waals surface area contributed by atoms with Crippen molar-refractivity contribution in [2.45, 2.75) is 64.1 Å². The molecule has 1 N–H and O–H groups in total. The number of benzene rings is 4. The highest BCUT2D eigenvalue weighted by atomic mass is 79.9. The van der Waals surface area contributed by atoms with Crippen LogP contribution in [0.5, 0.6) is 0 Å². The molecule has 4 rings (SSSR count). The SMILES string of the molecule is CC[C@@H](C)NC(=O)[C@@H](Cc1ccccc1)N(Cc1cccc(Br)c1)C(=O)CN(c1ccc(C)c(C)c1)S(=O)(=O)c1ccc(Cl)cc1. The van der Waals surface area contributed by atoms with Crippen LogP contribution in [0, 0.1) is 13.8 Å². The summed E-state index contributed by atoms with van der Waals surface area (Å²) in [6, 6.07) is 27.1. The molecule has 0 saturated carbocycles. The first-order valence-electron chi connectivity index (χ1n) is 15.1. The summed E-state index contributed by atoms with van der Waals surface area (Å²) in [5.41, 5.74) is 3.87. The summed E-state index contributed by atoms with van der Waals surface area (Å²) in [4.78, 5) is 30.0. The number of aryl methyl sites for hydroxylation is 2. The van der Waals surface area contributed by atoms with Crippen LogP contribution in [0.15, 0.2) is 106 Å². The molecule has 0 aromatic heterocycles. The van der Waals surface area contributed by atoms with Gasteiger partial charge in [-0.1, -0.05) is 83.0 Å². The first-order chi connectivity index (χ1) is 21.9. The number of anilines is 1. The zero-order chi connectivity index (χ0) is 33.4. The molecular weight excluding hydrogens is 686 g/mol. The molecule has 4 aromatic rings. The third-order valence-electron chi connectivity index (χ3n) is 7.97. The monoisotopic (exact) mass is 723 g/mol. The van der Waals surface area contributed by atoms with E-state index in [1.54, 1.807) is 12.1 Å². The molecule has 0 bridgehead atoms. The van der Waals surface area contributed by atoms with Crippen LogP contribution in [0.2, 0.25) is 5.02 Å². The van der Waals surface area contributed by atoms with Crippen LogP contribution in [0.4, 0.5) is 5.69 Å². The Morgan fingerprint density at radius 2 is 1.54 bits per heavy atom. The zero-order valence-corrected chi connectivity index (χ0v) is 29.6. The van der Waals surface area contributed by atoms with Crippen molar-refractivity contribution in [2.24, 2.45) is 0 Å². The van der Waals surface area contributed by atoms with E-state index in [1.165, 1.54) is 29.2 Å². The topological polar surface area (TPSA) is 86.8 Å². The van der Waals surface area contributed by atoms with Crippen molar-refractivity contribution in [3.63, 3.8) is 0 Å².